The summed E-state index contributed by atoms with van der Waals surface area (Å²) in [5.41, 5.74) is -0.988. The van der Waals surface area contributed by atoms with Gasteiger partial charge in [0.05, 0.1) is 16.3 Å². The second kappa shape index (κ2) is 7.61. The summed E-state index contributed by atoms with van der Waals surface area (Å²) in [6.07, 6.45) is 1.38. The molecule has 1 aliphatic rings. The van der Waals surface area contributed by atoms with Crippen molar-refractivity contribution in [1.29, 1.82) is 0 Å². The van der Waals surface area contributed by atoms with Gasteiger partial charge in [-0.05, 0) is 19.9 Å². The minimum absolute atomic E-state index is 0.0248. The third-order valence-corrected chi connectivity index (χ3v) is 6.51. The molecule has 7 nitrogen and oxygen atoms in total. The van der Waals surface area contributed by atoms with Gasteiger partial charge in [0.1, 0.15) is 28.2 Å². The third-order valence-electron chi connectivity index (χ3n) is 4.83. The van der Waals surface area contributed by atoms with Gasteiger partial charge in [-0.25, -0.2) is 22.2 Å². The summed E-state index contributed by atoms with van der Waals surface area (Å²) >= 11 is 5.92. The second-order valence-corrected chi connectivity index (χ2v) is 9.10. The van der Waals surface area contributed by atoms with Gasteiger partial charge in [-0.2, -0.15) is 0 Å². The van der Waals surface area contributed by atoms with Crippen LogP contribution in [-0.2, 0) is 10.0 Å². The van der Waals surface area contributed by atoms with Crippen molar-refractivity contribution in [3.05, 3.63) is 69.8 Å². The first-order valence-corrected chi connectivity index (χ1v) is 11.0. The molecule has 0 saturated heterocycles. The molecular weight excluding hydrogens is 452 g/mol. The van der Waals surface area contributed by atoms with Crippen LogP contribution in [0.4, 0.5) is 8.78 Å². The fraction of sp³-hybridized carbons (Fsp3) is 0.200. The Kier molecular flexibility index (Phi) is 5.22. The van der Waals surface area contributed by atoms with Crippen LogP contribution in [0.1, 0.15) is 28.3 Å². The van der Waals surface area contributed by atoms with Gasteiger partial charge in [-0.1, -0.05) is 17.7 Å². The zero-order chi connectivity index (χ0) is 22.5. The van der Waals surface area contributed by atoms with Crippen molar-refractivity contribution in [3.8, 4) is 0 Å². The lowest BCUT2D eigenvalue weighted by Gasteiger charge is -2.20. The molecule has 3 aromatic heterocycles. The summed E-state index contributed by atoms with van der Waals surface area (Å²) in [5, 5.41) is 0.543. The molecule has 0 fully saturated rings. The van der Waals surface area contributed by atoms with E-state index in [1.54, 1.807) is 6.92 Å². The molecule has 0 amide bonds. The Morgan fingerprint density at radius 3 is 2.77 bits per heavy atom. The lowest BCUT2D eigenvalue weighted by Crippen LogP contribution is -2.28. The zero-order valence-corrected chi connectivity index (χ0v) is 17.9. The van der Waals surface area contributed by atoms with Crippen molar-refractivity contribution >= 4 is 38.4 Å². The second-order valence-electron chi connectivity index (χ2n) is 7.01. The maximum Gasteiger partial charge on any atom is 0.265 e. The zero-order valence-electron chi connectivity index (χ0n) is 16.3. The van der Waals surface area contributed by atoms with Crippen LogP contribution in [0.15, 0.2) is 57.0 Å². The van der Waals surface area contributed by atoms with Gasteiger partial charge in [0.15, 0.2) is 11.6 Å². The summed E-state index contributed by atoms with van der Waals surface area (Å²) in [4.78, 5) is 19.6. The number of carbonyl (C=O) groups is 1. The number of sulfonamides is 1. The van der Waals surface area contributed by atoms with E-state index in [4.69, 9.17) is 16.0 Å². The Morgan fingerprint density at radius 1 is 1.35 bits per heavy atom. The SMILES string of the molecule is Cc1cc(S(=O)(=O)NC2=CCC(F)C(C(=O)c3c[nH]c4ncc(Cl)cc34)=C2F)c(C)o1. The lowest BCUT2D eigenvalue weighted by molar-refractivity contribution is 0.101. The Hall–Kier alpha value is -2.98. The first-order chi connectivity index (χ1) is 14.6. The van der Waals surface area contributed by atoms with Crippen LogP contribution in [0.5, 0.6) is 0 Å². The van der Waals surface area contributed by atoms with Crippen LogP contribution >= 0.6 is 11.6 Å². The van der Waals surface area contributed by atoms with Gasteiger partial charge in [-0.3, -0.25) is 9.52 Å². The molecule has 0 aromatic carbocycles. The monoisotopic (exact) mass is 467 g/mol. The van der Waals surface area contributed by atoms with Crippen LogP contribution in [0, 0.1) is 13.8 Å². The summed E-state index contributed by atoms with van der Waals surface area (Å²) in [5.74, 6) is -1.73. The van der Waals surface area contributed by atoms with Crippen LogP contribution in [0.3, 0.4) is 0 Å². The number of aryl methyl sites for hydroxylation is 2. The van der Waals surface area contributed by atoms with Gasteiger partial charge < -0.3 is 9.40 Å². The maximum absolute atomic E-state index is 15.2. The Bertz CT molecular complexity index is 1390. The van der Waals surface area contributed by atoms with Gasteiger partial charge in [0.2, 0.25) is 0 Å². The van der Waals surface area contributed by atoms with E-state index in [2.05, 4.69) is 14.7 Å². The van der Waals surface area contributed by atoms with Crippen molar-refractivity contribution < 1.29 is 26.4 Å². The number of fused-ring (bicyclic) bond motifs is 1. The van der Waals surface area contributed by atoms with Gasteiger partial charge in [0.25, 0.3) is 10.0 Å². The van der Waals surface area contributed by atoms with Crippen LogP contribution < -0.4 is 4.72 Å². The number of rotatable bonds is 5. The van der Waals surface area contributed by atoms with Crippen LogP contribution in [-0.4, -0.2) is 30.3 Å². The number of ketones is 1. The molecule has 0 bridgehead atoms. The van der Waals surface area contributed by atoms with E-state index < -0.39 is 39.1 Å². The summed E-state index contributed by atoms with van der Waals surface area (Å²) < 4.78 is 62.4. The molecule has 3 heterocycles. The molecule has 0 saturated carbocycles. The van der Waals surface area contributed by atoms with E-state index in [-0.39, 0.29) is 27.7 Å². The van der Waals surface area contributed by atoms with Crippen LogP contribution in [0.25, 0.3) is 11.0 Å². The third kappa shape index (κ3) is 3.77. The Balaban J connectivity index is 1.73. The summed E-state index contributed by atoms with van der Waals surface area (Å²) in [7, 11) is -4.22. The molecule has 2 N–H and O–H groups in total. The number of furan rings is 1. The number of carbonyl (C=O) groups excluding carboxylic acids is 1. The molecule has 0 aliphatic heterocycles. The van der Waals surface area contributed by atoms with Crippen LogP contribution in [0.2, 0.25) is 5.02 Å². The number of nitrogens with one attached hydrogen (secondary N) is 2. The van der Waals surface area contributed by atoms with E-state index >= 15 is 4.39 Å². The van der Waals surface area contributed by atoms with Crippen molar-refractivity contribution in [3.63, 3.8) is 0 Å². The largest absolute Gasteiger partial charge is 0.465 e. The molecule has 31 heavy (non-hydrogen) atoms. The molecule has 3 aromatic rings. The molecule has 0 spiro atoms. The number of halogens is 3. The molecule has 4 rings (SSSR count). The van der Waals surface area contributed by atoms with E-state index in [1.807, 2.05) is 0 Å². The highest BCUT2D eigenvalue weighted by atomic mass is 35.5. The smallest absolute Gasteiger partial charge is 0.265 e. The Morgan fingerprint density at radius 2 is 2.10 bits per heavy atom. The lowest BCUT2D eigenvalue weighted by atomic mass is 9.93. The predicted octanol–water partition coefficient (Wildman–Crippen LogP) is 4.44. The number of aromatic nitrogens is 2. The number of Topliss-reactive ketones (excluding diaryl/α,β-unsaturated/α-hetero) is 1. The minimum atomic E-state index is -4.22. The highest BCUT2D eigenvalue weighted by molar-refractivity contribution is 7.89. The van der Waals surface area contributed by atoms with Crippen molar-refractivity contribution in [2.45, 2.75) is 31.3 Å². The van der Waals surface area contributed by atoms with Gasteiger partial charge >= 0.3 is 0 Å². The number of pyridine rings is 1. The summed E-state index contributed by atoms with van der Waals surface area (Å²) in [6.45, 7) is 3.02. The van der Waals surface area contributed by atoms with Gasteiger partial charge in [-0.15, -0.1) is 0 Å². The van der Waals surface area contributed by atoms with Gasteiger partial charge in [0, 0.05) is 35.8 Å². The number of H-pyrrole nitrogens is 1. The average molecular weight is 468 g/mol. The highest BCUT2D eigenvalue weighted by Gasteiger charge is 2.34. The fourth-order valence-corrected chi connectivity index (χ4v) is 4.90. The number of hydrogen-bond acceptors (Lipinski definition) is 5. The number of hydrogen-bond donors (Lipinski definition) is 2. The van der Waals surface area contributed by atoms with Crippen molar-refractivity contribution in [2.75, 3.05) is 0 Å². The normalized spacial score (nSPS) is 17.2. The average Bonchev–Trinajstić information content (AvgIpc) is 3.26. The fourth-order valence-electron chi connectivity index (χ4n) is 3.42. The van der Waals surface area contributed by atoms with Crippen molar-refractivity contribution in [1.82, 2.24) is 14.7 Å². The molecule has 1 aliphatic carbocycles. The minimum Gasteiger partial charge on any atom is -0.465 e. The molecule has 1 unspecified atom stereocenters. The standard InChI is InChI=1S/C20H16ClF2N3O4S/c1-9-5-16(10(2)30-9)31(28,29)26-15-4-3-14(22)17(18(15)23)19(27)13-8-25-20-12(13)6-11(21)7-24-20/h4-8,14,26H,3H2,1-2H3,(H,24,25). The van der Waals surface area contributed by atoms with E-state index in [1.165, 1.54) is 31.5 Å². The predicted molar refractivity (Wildman–Crippen MR) is 110 cm³/mol. The number of allylic oxidation sites excluding steroid dienone is 3. The molecule has 11 heteroatoms. The number of nitrogens with zero attached hydrogens (tertiary/aromatic N) is 1. The quantitative estimate of drug-likeness (QED) is 0.540. The van der Waals surface area contributed by atoms with Crippen molar-refractivity contribution in [2.24, 2.45) is 0 Å². The highest BCUT2D eigenvalue weighted by Crippen LogP contribution is 2.33. The first-order valence-electron chi connectivity index (χ1n) is 9.10. The van der Waals surface area contributed by atoms with E-state index in [0.29, 0.717) is 16.8 Å². The molecule has 0 radical (unpaired) electrons. The van der Waals surface area contributed by atoms with E-state index in [0.717, 1.165) is 6.08 Å². The molecular formula is C20H16ClF2N3O4S. The summed E-state index contributed by atoms with van der Waals surface area (Å²) in [6, 6.07) is 2.74. The maximum atomic E-state index is 15.2. The molecule has 1 atom stereocenters. The first kappa shape index (κ1) is 21.3. The topological polar surface area (TPSA) is 105 Å². The Labute approximate surface area is 180 Å². The number of aromatic amines is 1. The number of alkyl halides is 1. The molecule has 162 valence electrons. The van der Waals surface area contributed by atoms with E-state index in [9.17, 15) is 17.6 Å².